The first-order valence-electron chi connectivity index (χ1n) is 10.4. The summed E-state index contributed by atoms with van der Waals surface area (Å²) in [4.78, 5) is 35.2. The summed E-state index contributed by atoms with van der Waals surface area (Å²) in [5.41, 5.74) is 2.32. The van der Waals surface area contributed by atoms with E-state index in [1.54, 1.807) is 36.3 Å². The minimum absolute atomic E-state index is 0.0473. The first kappa shape index (κ1) is 22.6. The summed E-state index contributed by atoms with van der Waals surface area (Å²) in [6.07, 6.45) is 1.84. The van der Waals surface area contributed by atoms with Crippen molar-refractivity contribution in [2.45, 2.75) is 31.8 Å². The molecule has 1 unspecified atom stereocenters. The number of methoxy groups -OCH3 is 1. The van der Waals surface area contributed by atoms with E-state index in [1.165, 1.54) is 6.07 Å². The third-order valence-electron chi connectivity index (χ3n) is 5.68. The Morgan fingerprint density at radius 2 is 2.09 bits per heavy atom. The predicted octanol–water partition coefficient (Wildman–Crippen LogP) is 4.61. The van der Waals surface area contributed by atoms with Gasteiger partial charge in [0.2, 0.25) is 0 Å². The normalized spacial score (nSPS) is 17.0. The molecular formula is C23H24Cl2N4O3. The molecule has 2 atom stereocenters. The highest BCUT2D eigenvalue weighted by Crippen LogP contribution is 2.26. The van der Waals surface area contributed by atoms with Crippen molar-refractivity contribution in [3.8, 4) is 0 Å². The summed E-state index contributed by atoms with van der Waals surface area (Å²) in [5.74, 6) is 0.165. The Labute approximate surface area is 196 Å². The highest BCUT2D eigenvalue weighted by Gasteiger charge is 2.30. The van der Waals surface area contributed by atoms with Gasteiger partial charge in [0.25, 0.3) is 11.8 Å². The number of hydrogen-bond donors (Lipinski definition) is 2. The lowest BCUT2D eigenvalue weighted by Crippen LogP contribution is -2.38. The zero-order chi connectivity index (χ0) is 22.8. The van der Waals surface area contributed by atoms with E-state index in [0.717, 1.165) is 23.9 Å². The Hall–Kier alpha value is -2.61. The van der Waals surface area contributed by atoms with E-state index in [0.29, 0.717) is 35.1 Å². The van der Waals surface area contributed by atoms with E-state index in [-0.39, 0.29) is 28.9 Å². The fraction of sp³-hybridized carbons (Fsp3) is 0.348. The highest BCUT2D eigenvalue weighted by molar-refractivity contribution is 6.34. The maximum absolute atomic E-state index is 13.0. The number of nitrogens with zero attached hydrogens (tertiary/aromatic N) is 2. The van der Waals surface area contributed by atoms with Crippen molar-refractivity contribution in [3.05, 3.63) is 63.4 Å². The molecule has 32 heavy (non-hydrogen) atoms. The SMILES string of the molecule is COC[C@H]1CCCN1C(=O)c1ccc(C(=O)NC(C)c2nc3ccc(Cl)cc3[nH]2)cc1Cl. The summed E-state index contributed by atoms with van der Waals surface area (Å²) in [6.45, 7) is 3.00. The quantitative estimate of drug-likeness (QED) is 0.545. The predicted molar refractivity (Wildman–Crippen MR) is 124 cm³/mol. The largest absolute Gasteiger partial charge is 0.383 e. The maximum Gasteiger partial charge on any atom is 0.255 e. The maximum atomic E-state index is 13.0. The molecule has 2 N–H and O–H groups in total. The molecule has 3 aromatic rings. The zero-order valence-corrected chi connectivity index (χ0v) is 19.3. The number of H-pyrrole nitrogens is 1. The third-order valence-corrected chi connectivity index (χ3v) is 6.23. The number of likely N-dealkylation sites (tertiary alicyclic amines) is 1. The molecule has 0 bridgehead atoms. The number of aromatic amines is 1. The average molecular weight is 475 g/mol. The van der Waals surface area contributed by atoms with E-state index >= 15 is 0 Å². The van der Waals surface area contributed by atoms with Crippen molar-refractivity contribution in [2.75, 3.05) is 20.3 Å². The van der Waals surface area contributed by atoms with Gasteiger partial charge in [-0.25, -0.2) is 4.98 Å². The minimum atomic E-state index is -0.367. The molecule has 2 aromatic carbocycles. The van der Waals surface area contributed by atoms with Crippen LogP contribution in [-0.4, -0.2) is 53.0 Å². The molecular weight excluding hydrogens is 451 g/mol. The van der Waals surface area contributed by atoms with Gasteiger partial charge < -0.3 is 19.9 Å². The molecule has 0 aliphatic carbocycles. The van der Waals surface area contributed by atoms with Crippen LogP contribution in [0.15, 0.2) is 36.4 Å². The van der Waals surface area contributed by atoms with Gasteiger partial charge in [-0.05, 0) is 56.2 Å². The van der Waals surface area contributed by atoms with Crippen LogP contribution in [0.1, 0.15) is 52.3 Å². The summed E-state index contributed by atoms with van der Waals surface area (Å²) in [5, 5.41) is 3.76. The molecule has 1 fully saturated rings. The Morgan fingerprint density at radius 1 is 1.28 bits per heavy atom. The van der Waals surface area contributed by atoms with Gasteiger partial charge in [0, 0.05) is 24.2 Å². The summed E-state index contributed by atoms with van der Waals surface area (Å²) in [6, 6.07) is 9.79. The number of hydrogen-bond acceptors (Lipinski definition) is 4. The van der Waals surface area contributed by atoms with E-state index in [1.807, 2.05) is 13.0 Å². The number of benzene rings is 2. The summed E-state index contributed by atoms with van der Waals surface area (Å²) in [7, 11) is 1.63. The number of amides is 2. The van der Waals surface area contributed by atoms with Crippen molar-refractivity contribution in [2.24, 2.45) is 0 Å². The standard InChI is InChI=1S/C23H24Cl2N4O3/c1-13(21-27-19-8-6-15(24)11-20(19)28-21)26-22(30)14-5-7-17(18(25)10-14)23(31)29-9-3-4-16(29)12-32-2/h5-8,10-11,13,16H,3-4,9,12H2,1-2H3,(H,26,30)(H,27,28)/t13?,16-/m1/s1. The molecule has 1 aliphatic heterocycles. The van der Waals surface area contributed by atoms with Crippen LogP contribution < -0.4 is 5.32 Å². The molecule has 0 spiro atoms. The highest BCUT2D eigenvalue weighted by atomic mass is 35.5. The molecule has 2 amide bonds. The van der Waals surface area contributed by atoms with Crippen LogP contribution >= 0.6 is 23.2 Å². The van der Waals surface area contributed by atoms with Crippen LogP contribution in [0, 0.1) is 0 Å². The second-order valence-corrected chi connectivity index (χ2v) is 8.77. The van der Waals surface area contributed by atoms with Crippen LogP contribution in [0.3, 0.4) is 0 Å². The summed E-state index contributed by atoms with van der Waals surface area (Å²) < 4.78 is 5.23. The Kier molecular flexibility index (Phi) is 6.69. The van der Waals surface area contributed by atoms with Gasteiger partial charge >= 0.3 is 0 Å². The molecule has 1 saturated heterocycles. The topological polar surface area (TPSA) is 87.3 Å². The van der Waals surface area contributed by atoms with Crippen molar-refractivity contribution in [3.63, 3.8) is 0 Å². The Morgan fingerprint density at radius 3 is 2.84 bits per heavy atom. The molecule has 168 valence electrons. The van der Waals surface area contributed by atoms with Crippen LogP contribution in [0.5, 0.6) is 0 Å². The molecule has 1 aromatic heterocycles. The van der Waals surface area contributed by atoms with Crippen molar-refractivity contribution in [1.82, 2.24) is 20.2 Å². The lowest BCUT2D eigenvalue weighted by molar-refractivity contribution is 0.0630. The van der Waals surface area contributed by atoms with Crippen LogP contribution in [0.25, 0.3) is 11.0 Å². The number of rotatable bonds is 6. The number of ether oxygens (including phenoxy) is 1. The van der Waals surface area contributed by atoms with Crippen molar-refractivity contribution >= 4 is 46.0 Å². The lowest BCUT2D eigenvalue weighted by atomic mass is 10.1. The molecule has 0 radical (unpaired) electrons. The van der Waals surface area contributed by atoms with Gasteiger partial charge in [0.1, 0.15) is 5.82 Å². The lowest BCUT2D eigenvalue weighted by Gasteiger charge is -2.24. The average Bonchev–Trinajstić information content (AvgIpc) is 3.40. The summed E-state index contributed by atoms with van der Waals surface area (Å²) >= 11 is 12.4. The molecule has 0 saturated carbocycles. The van der Waals surface area contributed by atoms with Crippen molar-refractivity contribution < 1.29 is 14.3 Å². The number of nitrogens with one attached hydrogen (secondary N) is 2. The number of carbonyl (C=O) groups is 2. The number of halogens is 2. The Balaban J connectivity index is 1.47. The molecule has 7 nitrogen and oxygen atoms in total. The fourth-order valence-electron chi connectivity index (χ4n) is 4.01. The van der Waals surface area contributed by atoms with Crippen LogP contribution in [-0.2, 0) is 4.74 Å². The van der Waals surface area contributed by atoms with Gasteiger partial charge in [0.15, 0.2) is 0 Å². The molecule has 4 rings (SSSR count). The molecule has 2 heterocycles. The van der Waals surface area contributed by atoms with Crippen LogP contribution in [0.2, 0.25) is 10.0 Å². The second-order valence-electron chi connectivity index (χ2n) is 7.92. The second kappa shape index (κ2) is 9.48. The van der Waals surface area contributed by atoms with Crippen molar-refractivity contribution in [1.29, 1.82) is 0 Å². The van der Waals surface area contributed by atoms with E-state index < -0.39 is 0 Å². The number of fused-ring (bicyclic) bond motifs is 1. The van der Waals surface area contributed by atoms with Gasteiger partial charge in [-0.3, -0.25) is 9.59 Å². The smallest absolute Gasteiger partial charge is 0.255 e. The number of aromatic nitrogens is 2. The van der Waals surface area contributed by atoms with Crippen LogP contribution in [0.4, 0.5) is 0 Å². The van der Waals surface area contributed by atoms with Gasteiger partial charge in [-0.15, -0.1) is 0 Å². The van der Waals surface area contributed by atoms with E-state index in [9.17, 15) is 9.59 Å². The first-order chi connectivity index (χ1) is 15.4. The van der Waals surface area contributed by atoms with E-state index in [2.05, 4.69) is 15.3 Å². The van der Waals surface area contributed by atoms with Gasteiger partial charge in [-0.2, -0.15) is 0 Å². The minimum Gasteiger partial charge on any atom is -0.383 e. The third kappa shape index (κ3) is 4.60. The first-order valence-corrected chi connectivity index (χ1v) is 11.2. The number of imidazole rings is 1. The number of carbonyl (C=O) groups excluding carboxylic acids is 2. The molecule has 1 aliphatic rings. The monoisotopic (exact) mass is 474 g/mol. The molecule has 9 heteroatoms. The zero-order valence-electron chi connectivity index (χ0n) is 17.8. The Bertz CT molecular complexity index is 1160. The van der Waals surface area contributed by atoms with Gasteiger partial charge in [-0.1, -0.05) is 23.2 Å². The fourth-order valence-corrected chi connectivity index (χ4v) is 4.44. The van der Waals surface area contributed by atoms with Gasteiger partial charge in [0.05, 0.1) is 40.3 Å². The van der Waals surface area contributed by atoms with E-state index in [4.69, 9.17) is 27.9 Å².